The summed E-state index contributed by atoms with van der Waals surface area (Å²) in [6, 6.07) is 3.10. The molecule has 1 atom stereocenters. The molecule has 1 saturated heterocycles. The van der Waals surface area contributed by atoms with Crippen LogP contribution in [0, 0.1) is 0 Å². The normalized spacial score (nSPS) is 22.6. The highest BCUT2D eigenvalue weighted by molar-refractivity contribution is 7.89. The Kier molecular flexibility index (Phi) is 3.87. The molecular formula is C12H19N3O2S. The van der Waals surface area contributed by atoms with Crippen LogP contribution >= 0.6 is 0 Å². The average molecular weight is 269 g/mol. The highest BCUT2D eigenvalue weighted by Gasteiger charge is 2.29. The molecule has 0 saturated carbocycles. The van der Waals surface area contributed by atoms with Crippen molar-refractivity contribution in [1.29, 1.82) is 0 Å². The van der Waals surface area contributed by atoms with E-state index in [-0.39, 0.29) is 10.9 Å². The molecule has 2 heterocycles. The molecule has 5 nitrogen and oxygen atoms in total. The predicted molar refractivity (Wildman–Crippen MR) is 70.5 cm³/mol. The molecule has 1 aromatic heterocycles. The first-order valence-corrected chi connectivity index (χ1v) is 7.69. The maximum absolute atomic E-state index is 12.5. The van der Waals surface area contributed by atoms with E-state index in [0.717, 1.165) is 25.7 Å². The first-order valence-electron chi connectivity index (χ1n) is 6.25. The molecule has 0 aromatic carbocycles. The molecule has 18 heavy (non-hydrogen) atoms. The van der Waals surface area contributed by atoms with Crippen molar-refractivity contribution in [1.82, 2.24) is 9.29 Å². The molecule has 2 N–H and O–H groups in total. The fraction of sp³-hybridized carbons (Fsp3) is 0.583. The monoisotopic (exact) mass is 269 g/mol. The molecule has 6 heteroatoms. The number of rotatable bonds is 2. The van der Waals surface area contributed by atoms with Crippen molar-refractivity contribution in [3.05, 3.63) is 18.3 Å². The van der Waals surface area contributed by atoms with Gasteiger partial charge in [-0.1, -0.05) is 12.8 Å². The third-order valence-corrected chi connectivity index (χ3v) is 5.35. The van der Waals surface area contributed by atoms with Crippen LogP contribution in [0.4, 0.5) is 5.82 Å². The summed E-state index contributed by atoms with van der Waals surface area (Å²) in [5, 5.41) is 0. The van der Waals surface area contributed by atoms with Crippen LogP contribution in [0.1, 0.15) is 32.6 Å². The Morgan fingerprint density at radius 3 is 2.78 bits per heavy atom. The zero-order valence-electron chi connectivity index (χ0n) is 10.5. The molecule has 0 bridgehead atoms. The van der Waals surface area contributed by atoms with Crippen molar-refractivity contribution in [2.45, 2.75) is 43.5 Å². The summed E-state index contributed by atoms with van der Waals surface area (Å²) in [6.07, 6.45) is 5.36. The Labute approximate surface area is 108 Å². The van der Waals surface area contributed by atoms with Crippen molar-refractivity contribution in [2.75, 3.05) is 12.3 Å². The Balaban J connectivity index is 2.31. The molecule has 0 aliphatic carbocycles. The number of nitrogen functional groups attached to an aromatic ring is 1. The minimum Gasteiger partial charge on any atom is -0.384 e. The first-order chi connectivity index (χ1) is 8.51. The smallest absolute Gasteiger partial charge is 0.244 e. The van der Waals surface area contributed by atoms with Crippen LogP contribution in [0.25, 0.3) is 0 Å². The van der Waals surface area contributed by atoms with E-state index < -0.39 is 10.0 Å². The number of hydrogen-bond acceptors (Lipinski definition) is 4. The second kappa shape index (κ2) is 5.24. The largest absolute Gasteiger partial charge is 0.384 e. The summed E-state index contributed by atoms with van der Waals surface area (Å²) in [5.41, 5.74) is 5.48. The van der Waals surface area contributed by atoms with Gasteiger partial charge in [0.1, 0.15) is 10.7 Å². The van der Waals surface area contributed by atoms with Crippen LogP contribution in [0.3, 0.4) is 0 Å². The fourth-order valence-corrected chi connectivity index (χ4v) is 3.93. The van der Waals surface area contributed by atoms with E-state index in [4.69, 9.17) is 5.73 Å². The maximum atomic E-state index is 12.5. The van der Waals surface area contributed by atoms with E-state index in [9.17, 15) is 8.42 Å². The number of anilines is 1. The summed E-state index contributed by atoms with van der Waals surface area (Å²) >= 11 is 0. The van der Waals surface area contributed by atoms with E-state index in [2.05, 4.69) is 4.98 Å². The van der Waals surface area contributed by atoms with Crippen molar-refractivity contribution < 1.29 is 8.42 Å². The third-order valence-electron chi connectivity index (χ3n) is 3.36. The van der Waals surface area contributed by atoms with Gasteiger partial charge in [0.15, 0.2) is 0 Å². The number of sulfonamides is 1. The van der Waals surface area contributed by atoms with Gasteiger partial charge in [0.2, 0.25) is 10.0 Å². The Hall–Kier alpha value is -1.14. The number of nitrogens with zero attached hydrogens (tertiary/aromatic N) is 2. The number of nitrogens with two attached hydrogens (primary N) is 1. The SMILES string of the molecule is CC1CCCCCN1S(=O)(=O)c1ccc(N)nc1. The Morgan fingerprint density at radius 2 is 2.11 bits per heavy atom. The standard InChI is InChI=1S/C12H19N3O2S/c1-10-5-3-2-4-8-15(10)18(16,17)11-6-7-12(13)14-9-11/h6-7,9-10H,2-5,8H2,1H3,(H2,13,14). The van der Waals surface area contributed by atoms with Crippen molar-refractivity contribution >= 4 is 15.8 Å². The van der Waals surface area contributed by atoms with Crippen LogP contribution < -0.4 is 5.73 Å². The van der Waals surface area contributed by atoms with Gasteiger partial charge in [-0.05, 0) is 31.9 Å². The first kappa shape index (κ1) is 13.3. The van der Waals surface area contributed by atoms with Crippen LogP contribution in [0.5, 0.6) is 0 Å². The highest BCUT2D eigenvalue weighted by atomic mass is 32.2. The van der Waals surface area contributed by atoms with Crippen molar-refractivity contribution in [3.8, 4) is 0 Å². The topological polar surface area (TPSA) is 76.3 Å². The summed E-state index contributed by atoms with van der Waals surface area (Å²) in [5.74, 6) is 0.331. The zero-order chi connectivity index (χ0) is 13.2. The van der Waals surface area contributed by atoms with Crippen molar-refractivity contribution in [3.63, 3.8) is 0 Å². The molecule has 0 radical (unpaired) electrons. The number of aromatic nitrogens is 1. The molecule has 1 aliphatic heterocycles. The second-order valence-corrected chi connectivity index (χ2v) is 6.62. The third kappa shape index (κ3) is 2.64. The zero-order valence-corrected chi connectivity index (χ0v) is 11.4. The van der Waals surface area contributed by atoms with Gasteiger partial charge in [-0.2, -0.15) is 4.31 Å². The van der Waals surface area contributed by atoms with E-state index in [1.54, 1.807) is 4.31 Å². The summed E-state index contributed by atoms with van der Waals surface area (Å²) in [6.45, 7) is 2.56. The Morgan fingerprint density at radius 1 is 1.33 bits per heavy atom. The summed E-state index contributed by atoms with van der Waals surface area (Å²) in [7, 11) is -3.44. The lowest BCUT2D eigenvalue weighted by atomic mass is 10.1. The van der Waals surface area contributed by atoms with Crippen LogP contribution in [-0.4, -0.2) is 30.3 Å². The molecule has 2 rings (SSSR count). The van der Waals surface area contributed by atoms with Gasteiger partial charge in [0, 0.05) is 18.8 Å². The minimum atomic E-state index is -3.44. The van der Waals surface area contributed by atoms with Gasteiger partial charge < -0.3 is 5.73 Å². The fourth-order valence-electron chi connectivity index (χ4n) is 2.29. The van der Waals surface area contributed by atoms with Gasteiger partial charge in [-0.25, -0.2) is 13.4 Å². The highest BCUT2D eigenvalue weighted by Crippen LogP contribution is 2.24. The van der Waals surface area contributed by atoms with Crippen LogP contribution in [0.15, 0.2) is 23.2 Å². The van der Waals surface area contributed by atoms with Crippen LogP contribution in [-0.2, 0) is 10.0 Å². The lowest BCUT2D eigenvalue weighted by Gasteiger charge is -2.26. The molecule has 1 unspecified atom stereocenters. The second-order valence-electron chi connectivity index (χ2n) is 4.73. The average Bonchev–Trinajstić information content (AvgIpc) is 2.55. The summed E-state index contributed by atoms with van der Waals surface area (Å²) < 4.78 is 26.6. The maximum Gasteiger partial charge on any atom is 0.244 e. The predicted octanol–water partition coefficient (Wildman–Crippen LogP) is 1.62. The molecule has 0 spiro atoms. The van der Waals surface area contributed by atoms with E-state index >= 15 is 0 Å². The van der Waals surface area contributed by atoms with E-state index in [1.165, 1.54) is 18.3 Å². The van der Waals surface area contributed by atoms with Gasteiger partial charge in [-0.15, -0.1) is 0 Å². The number of hydrogen-bond donors (Lipinski definition) is 1. The van der Waals surface area contributed by atoms with E-state index in [1.807, 2.05) is 6.92 Å². The molecule has 100 valence electrons. The van der Waals surface area contributed by atoms with Gasteiger partial charge >= 0.3 is 0 Å². The Bertz CT molecular complexity index is 499. The van der Waals surface area contributed by atoms with E-state index in [0.29, 0.717) is 12.4 Å². The molecule has 1 aromatic rings. The van der Waals surface area contributed by atoms with Crippen molar-refractivity contribution in [2.24, 2.45) is 0 Å². The lowest BCUT2D eigenvalue weighted by molar-refractivity contribution is 0.342. The molecule has 1 fully saturated rings. The molecule has 1 aliphatic rings. The quantitative estimate of drug-likeness (QED) is 0.885. The molecular weight excluding hydrogens is 250 g/mol. The lowest BCUT2D eigenvalue weighted by Crippen LogP contribution is -2.38. The number of pyridine rings is 1. The van der Waals surface area contributed by atoms with Gasteiger partial charge in [0.25, 0.3) is 0 Å². The van der Waals surface area contributed by atoms with Gasteiger partial charge in [-0.3, -0.25) is 0 Å². The minimum absolute atomic E-state index is 0.0510. The van der Waals surface area contributed by atoms with Gasteiger partial charge in [0.05, 0.1) is 0 Å². The molecule has 0 amide bonds. The van der Waals surface area contributed by atoms with Crippen LogP contribution in [0.2, 0.25) is 0 Å². The summed E-state index contributed by atoms with van der Waals surface area (Å²) in [4.78, 5) is 4.09.